The second-order valence-electron chi connectivity index (χ2n) is 4.38. The van der Waals surface area contributed by atoms with Gasteiger partial charge in [-0.1, -0.05) is 0 Å². The van der Waals surface area contributed by atoms with Gasteiger partial charge in [0.25, 0.3) is 5.69 Å². The normalized spacial score (nSPS) is 14.7. The monoisotopic (exact) mass is 236 g/mol. The third-order valence-corrected chi connectivity index (χ3v) is 3.03. The van der Waals surface area contributed by atoms with Crippen LogP contribution in [0.2, 0.25) is 0 Å². The third kappa shape index (κ3) is 2.55. The predicted octanol–water partition coefficient (Wildman–Crippen LogP) is 1.86. The van der Waals surface area contributed by atoms with Crippen LogP contribution in [-0.2, 0) is 0 Å². The number of aliphatic hydroxyl groups excluding tert-OH is 1. The first-order chi connectivity index (χ1) is 8.13. The van der Waals surface area contributed by atoms with Crippen molar-refractivity contribution in [2.24, 2.45) is 0 Å². The molecule has 17 heavy (non-hydrogen) atoms. The molecule has 5 nitrogen and oxygen atoms in total. The zero-order valence-electron chi connectivity index (χ0n) is 9.80. The largest absolute Gasteiger partial charge is 0.395 e. The van der Waals surface area contributed by atoms with E-state index in [0.29, 0.717) is 12.6 Å². The molecule has 1 aromatic carbocycles. The summed E-state index contributed by atoms with van der Waals surface area (Å²) in [5.74, 6) is 0. The molecule has 0 radical (unpaired) electrons. The van der Waals surface area contributed by atoms with Crippen molar-refractivity contribution in [3.8, 4) is 0 Å². The smallest absolute Gasteiger partial charge is 0.269 e. The van der Waals surface area contributed by atoms with E-state index >= 15 is 0 Å². The lowest BCUT2D eigenvalue weighted by Gasteiger charge is -2.25. The van der Waals surface area contributed by atoms with Gasteiger partial charge in [0.05, 0.1) is 11.5 Å². The Balaban J connectivity index is 2.27. The molecule has 2 rings (SSSR count). The molecule has 1 aliphatic carbocycles. The van der Waals surface area contributed by atoms with Crippen LogP contribution in [-0.4, -0.2) is 29.2 Å². The summed E-state index contributed by atoms with van der Waals surface area (Å²) in [7, 11) is 0. The van der Waals surface area contributed by atoms with Gasteiger partial charge in [0.15, 0.2) is 0 Å². The number of rotatable bonds is 5. The minimum atomic E-state index is -0.385. The average molecular weight is 236 g/mol. The van der Waals surface area contributed by atoms with E-state index in [-0.39, 0.29) is 17.2 Å². The van der Waals surface area contributed by atoms with E-state index in [1.54, 1.807) is 12.1 Å². The van der Waals surface area contributed by atoms with Gasteiger partial charge in [-0.2, -0.15) is 0 Å². The van der Waals surface area contributed by atoms with E-state index in [1.807, 2.05) is 6.92 Å². The number of hydrogen-bond donors (Lipinski definition) is 1. The molecule has 0 bridgehead atoms. The van der Waals surface area contributed by atoms with Gasteiger partial charge < -0.3 is 10.0 Å². The second-order valence-corrected chi connectivity index (χ2v) is 4.38. The Morgan fingerprint density at radius 2 is 2.24 bits per heavy atom. The maximum atomic E-state index is 10.7. The molecular formula is C12H16N2O3. The van der Waals surface area contributed by atoms with Gasteiger partial charge in [0.1, 0.15) is 0 Å². The zero-order valence-corrected chi connectivity index (χ0v) is 9.80. The van der Waals surface area contributed by atoms with Crippen LogP contribution >= 0.6 is 0 Å². The van der Waals surface area contributed by atoms with E-state index in [1.165, 1.54) is 6.07 Å². The van der Waals surface area contributed by atoms with Crippen LogP contribution in [0.15, 0.2) is 18.2 Å². The number of nitrogens with zero attached hydrogens (tertiary/aromatic N) is 2. The molecule has 1 saturated carbocycles. The highest BCUT2D eigenvalue weighted by atomic mass is 16.6. The molecule has 0 aliphatic heterocycles. The molecule has 5 heteroatoms. The SMILES string of the molecule is Cc1cc([N+](=O)[O-])ccc1N(CCO)C1CC1. The first kappa shape index (κ1) is 11.9. The third-order valence-electron chi connectivity index (χ3n) is 3.03. The Bertz CT molecular complexity index is 430. The maximum Gasteiger partial charge on any atom is 0.269 e. The van der Waals surface area contributed by atoms with Gasteiger partial charge in [-0.3, -0.25) is 10.1 Å². The fraction of sp³-hybridized carbons (Fsp3) is 0.500. The number of non-ortho nitro benzene ring substituents is 1. The van der Waals surface area contributed by atoms with E-state index in [9.17, 15) is 10.1 Å². The number of benzene rings is 1. The van der Waals surface area contributed by atoms with Crippen LogP contribution in [0.25, 0.3) is 0 Å². The topological polar surface area (TPSA) is 66.6 Å². The molecule has 0 saturated heterocycles. The van der Waals surface area contributed by atoms with Crippen molar-refractivity contribution >= 4 is 11.4 Å². The van der Waals surface area contributed by atoms with Crippen LogP contribution in [0.1, 0.15) is 18.4 Å². The van der Waals surface area contributed by atoms with Crippen molar-refractivity contribution in [1.29, 1.82) is 0 Å². The number of anilines is 1. The summed E-state index contributed by atoms with van der Waals surface area (Å²) in [5.41, 5.74) is 2.00. The number of hydrogen-bond acceptors (Lipinski definition) is 4. The summed E-state index contributed by atoms with van der Waals surface area (Å²) in [4.78, 5) is 12.4. The fourth-order valence-corrected chi connectivity index (χ4v) is 2.07. The van der Waals surface area contributed by atoms with Gasteiger partial charge >= 0.3 is 0 Å². The van der Waals surface area contributed by atoms with Crippen molar-refractivity contribution in [1.82, 2.24) is 0 Å². The summed E-state index contributed by atoms with van der Waals surface area (Å²) >= 11 is 0. The summed E-state index contributed by atoms with van der Waals surface area (Å²) in [6, 6.07) is 5.38. The Hall–Kier alpha value is -1.62. The first-order valence-electron chi connectivity index (χ1n) is 5.76. The van der Waals surface area contributed by atoms with Gasteiger partial charge in [-0.15, -0.1) is 0 Å². The molecular weight excluding hydrogens is 220 g/mol. The number of aliphatic hydroxyl groups is 1. The molecule has 0 amide bonds. The van der Waals surface area contributed by atoms with E-state index in [0.717, 1.165) is 24.1 Å². The molecule has 0 spiro atoms. The summed E-state index contributed by atoms with van der Waals surface area (Å²) < 4.78 is 0. The first-order valence-corrected chi connectivity index (χ1v) is 5.76. The van der Waals surface area contributed by atoms with Crippen molar-refractivity contribution in [3.05, 3.63) is 33.9 Å². The second kappa shape index (κ2) is 4.71. The molecule has 1 aromatic rings. The fourth-order valence-electron chi connectivity index (χ4n) is 2.07. The quantitative estimate of drug-likeness (QED) is 0.626. The van der Waals surface area contributed by atoms with Crippen molar-refractivity contribution in [3.63, 3.8) is 0 Å². The Morgan fingerprint density at radius 3 is 2.71 bits per heavy atom. The van der Waals surface area contributed by atoms with Crippen molar-refractivity contribution in [2.45, 2.75) is 25.8 Å². The predicted molar refractivity (Wildman–Crippen MR) is 65.3 cm³/mol. The van der Waals surface area contributed by atoms with Crippen molar-refractivity contribution < 1.29 is 10.0 Å². The Kier molecular flexibility index (Phi) is 3.28. The van der Waals surface area contributed by atoms with Gasteiger partial charge in [-0.05, 0) is 31.4 Å². The summed E-state index contributed by atoms with van der Waals surface area (Å²) in [6.45, 7) is 2.56. The van der Waals surface area contributed by atoms with Crippen LogP contribution in [0, 0.1) is 17.0 Å². The van der Waals surface area contributed by atoms with E-state index in [4.69, 9.17) is 5.11 Å². The number of nitro groups is 1. The Labute approximate surface area is 99.8 Å². The standard InChI is InChI=1S/C12H16N2O3/c1-9-8-11(14(16)17)4-5-12(9)13(6-7-15)10-2-3-10/h4-5,8,10,15H,2-3,6-7H2,1H3. The van der Waals surface area contributed by atoms with Crippen LogP contribution in [0.5, 0.6) is 0 Å². The van der Waals surface area contributed by atoms with Crippen LogP contribution in [0.3, 0.4) is 0 Å². The highest BCUT2D eigenvalue weighted by molar-refractivity contribution is 5.58. The maximum absolute atomic E-state index is 10.7. The van der Waals surface area contributed by atoms with Crippen LogP contribution in [0.4, 0.5) is 11.4 Å². The van der Waals surface area contributed by atoms with E-state index < -0.39 is 0 Å². The Morgan fingerprint density at radius 1 is 1.53 bits per heavy atom. The molecule has 1 N–H and O–H groups in total. The van der Waals surface area contributed by atoms with Crippen molar-refractivity contribution in [2.75, 3.05) is 18.1 Å². The zero-order chi connectivity index (χ0) is 12.4. The molecule has 0 heterocycles. The minimum Gasteiger partial charge on any atom is -0.395 e. The highest BCUT2D eigenvalue weighted by Crippen LogP contribution is 2.34. The van der Waals surface area contributed by atoms with Crippen LogP contribution < -0.4 is 4.90 Å². The molecule has 0 atom stereocenters. The number of nitro benzene ring substituents is 1. The molecule has 0 aromatic heterocycles. The highest BCUT2D eigenvalue weighted by Gasteiger charge is 2.29. The molecule has 0 unspecified atom stereocenters. The van der Waals surface area contributed by atoms with Gasteiger partial charge in [0, 0.05) is 30.4 Å². The minimum absolute atomic E-state index is 0.104. The van der Waals surface area contributed by atoms with E-state index in [2.05, 4.69) is 4.90 Å². The number of aryl methyl sites for hydroxylation is 1. The van der Waals surface area contributed by atoms with Gasteiger partial charge in [-0.25, -0.2) is 0 Å². The lowest BCUT2D eigenvalue weighted by Crippen LogP contribution is -2.29. The molecule has 92 valence electrons. The summed E-state index contributed by atoms with van der Waals surface area (Å²) in [5, 5.41) is 19.7. The van der Waals surface area contributed by atoms with Gasteiger partial charge in [0.2, 0.25) is 0 Å². The molecule has 1 aliphatic rings. The lowest BCUT2D eigenvalue weighted by molar-refractivity contribution is -0.384. The summed E-state index contributed by atoms with van der Waals surface area (Å²) in [6.07, 6.45) is 2.27. The average Bonchev–Trinajstić information content (AvgIpc) is 3.10. The molecule has 1 fully saturated rings. The lowest BCUT2D eigenvalue weighted by atomic mass is 10.1.